The van der Waals surface area contributed by atoms with Gasteiger partial charge in [0, 0.05) is 39.6 Å². The van der Waals surface area contributed by atoms with Gasteiger partial charge in [-0.3, -0.25) is 0 Å². The largest absolute Gasteiger partial charge is 4.00 e. The molecule has 0 saturated carbocycles. The number of rotatable bonds is 18. The number of hydrogen-bond donors (Lipinski definition) is 0. The van der Waals surface area contributed by atoms with Gasteiger partial charge in [0.1, 0.15) is 0 Å². The van der Waals surface area contributed by atoms with Gasteiger partial charge in [0.05, 0.1) is 0 Å². The SMILES string of the molecule is CCCO[N-]OCCC.CCCO[N-]OCCC.CCCO[N-]OCCC.[CH2-]c1ccccc1.[Hf+4]. The van der Waals surface area contributed by atoms with Crippen molar-refractivity contribution in [3.05, 3.63) is 59.7 Å². The van der Waals surface area contributed by atoms with Crippen molar-refractivity contribution in [3.63, 3.8) is 0 Å². The molecule has 0 atom stereocenters. The Labute approximate surface area is 233 Å². The van der Waals surface area contributed by atoms with E-state index in [2.05, 4.69) is 52.9 Å². The van der Waals surface area contributed by atoms with Gasteiger partial charge in [-0.1, -0.05) is 47.6 Å². The summed E-state index contributed by atoms with van der Waals surface area (Å²) in [6.07, 6.45) is 5.83. The van der Waals surface area contributed by atoms with Crippen LogP contribution in [-0.4, -0.2) is 39.6 Å². The van der Waals surface area contributed by atoms with Crippen LogP contribution in [0.1, 0.15) is 85.6 Å². The molecule has 0 aliphatic rings. The summed E-state index contributed by atoms with van der Waals surface area (Å²) in [7, 11) is 0. The van der Waals surface area contributed by atoms with Crippen molar-refractivity contribution in [1.82, 2.24) is 0 Å². The second kappa shape index (κ2) is 43.7. The Morgan fingerprint density at radius 3 is 0.857 bits per heavy atom. The molecule has 9 nitrogen and oxygen atoms in total. The zero-order valence-corrected chi connectivity index (χ0v) is 26.5. The van der Waals surface area contributed by atoms with Gasteiger partial charge >= 0.3 is 25.8 Å². The Morgan fingerprint density at radius 2 is 0.714 bits per heavy atom. The topological polar surface area (TPSA) is 97.7 Å². The molecule has 0 aliphatic heterocycles. The summed E-state index contributed by atoms with van der Waals surface area (Å²) in [6.45, 7) is 19.7. The fourth-order valence-corrected chi connectivity index (χ4v) is 1.36. The van der Waals surface area contributed by atoms with Crippen LogP contribution >= 0.6 is 0 Å². The van der Waals surface area contributed by atoms with E-state index in [4.69, 9.17) is 0 Å². The van der Waals surface area contributed by atoms with E-state index in [1.54, 1.807) is 0 Å². The average molecular weight is 666 g/mol. The second-order valence-corrected chi connectivity index (χ2v) is 6.71. The molecule has 0 spiro atoms. The summed E-state index contributed by atoms with van der Waals surface area (Å²) in [4.78, 5) is 28.1. The van der Waals surface area contributed by atoms with Crippen LogP contribution in [0.3, 0.4) is 0 Å². The van der Waals surface area contributed by atoms with E-state index in [-0.39, 0.29) is 25.8 Å². The van der Waals surface area contributed by atoms with Crippen molar-refractivity contribution in [1.29, 1.82) is 0 Å². The molecule has 0 bridgehead atoms. The van der Waals surface area contributed by atoms with Gasteiger partial charge in [0.15, 0.2) is 0 Å². The number of nitrogens with zero attached hydrogens (tertiary/aromatic N) is 3. The van der Waals surface area contributed by atoms with Crippen LogP contribution in [0, 0.1) is 6.92 Å². The van der Waals surface area contributed by atoms with E-state index < -0.39 is 0 Å². The smallest absolute Gasteiger partial charge is 0.462 e. The number of hydrogen-bond acceptors (Lipinski definition) is 6. The molecule has 0 amide bonds. The van der Waals surface area contributed by atoms with Crippen LogP contribution in [0.15, 0.2) is 30.3 Å². The van der Waals surface area contributed by atoms with Gasteiger partial charge in [0.2, 0.25) is 0 Å². The Bertz CT molecular complexity index is 386. The predicted octanol–water partition coefficient (Wildman–Crippen LogP) is 8.00. The molecule has 0 fully saturated rings. The van der Waals surface area contributed by atoms with Crippen molar-refractivity contribution in [2.24, 2.45) is 0 Å². The molecule has 10 heteroatoms. The van der Waals surface area contributed by atoms with Crippen LogP contribution in [0.4, 0.5) is 0 Å². The molecular formula is C25H49HfN3O6. The Morgan fingerprint density at radius 1 is 0.486 bits per heavy atom. The van der Waals surface area contributed by atoms with Gasteiger partial charge < -0.3 is 46.0 Å². The van der Waals surface area contributed by atoms with E-state index >= 15 is 0 Å². The van der Waals surface area contributed by atoms with E-state index in [9.17, 15) is 0 Å². The standard InChI is InChI=1S/C7H7.3C6H14NO2.Hf/c1-7-5-3-2-4-6-7;3*1-3-5-8-7-9-6-4-2;/h2-6H,1H2;3*3-6H2,1-2H3;/q4*-1;+4. The van der Waals surface area contributed by atoms with Crippen LogP contribution in [0.2, 0.25) is 0 Å². The van der Waals surface area contributed by atoms with E-state index in [0.717, 1.165) is 44.1 Å². The maximum absolute atomic E-state index is 4.69. The summed E-state index contributed by atoms with van der Waals surface area (Å²) < 4.78 is 0. The third kappa shape index (κ3) is 51.2. The minimum Gasteiger partial charge on any atom is -0.462 e. The number of benzene rings is 1. The molecule has 0 heterocycles. The van der Waals surface area contributed by atoms with Gasteiger partial charge in [-0.2, -0.15) is 24.6 Å². The van der Waals surface area contributed by atoms with Crippen molar-refractivity contribution in [2.45, 2.75) is 80.1 Å². The molecule has 1 aromatic carbocycles. The Hall–Kier alpha value is -0.400. The first-order valence-electron chi connectivity index (χ1n) is 12.3. The van der Waals surface area contributed by atoms with Gasteiger partial charge in [-0.25, -0.2) is 0 Å². The third-order valence-corrected chi connectivity index (χ3v) is 2.93. The third-order valence-electron chi connectivity index (χ3n) is 2.93. The monoisotopic (exact) mass is 667 g/mol. The van der Waals surface area contributed by atoms with Crippen LogP contribution in [-0.2, 0) is 54.9 Å². The Balaban J connectivity index is -0.000000182. The molecule has 0 aliphatic carbocycles. The predicted molar refractivity (Wildman–Crippen MR) is 138 cm³/mol. The molecule has 0 saturated heterocycles. The normalized spacial score (nSPS) is 9.43. The first-order valence-corrected chi connectivity index (χ1v) is 12.3. The van der Waals surface area contributed by atoms with Crippen LogP contribution in [0.25, 0.3) is 16.9 Å². The van der Waals surface area contributed by atoms with Crippen molar-refractivity contribution >= 4 is 0 Å². The summed E-state index contributed by atoms with van der Waals surface area (Å²) in [6, 6.07) is 9.87. The molecule has 0 aromatic heterocycles. The van der Waals surface area contributed by atoms with Crippen LogP contribution in [0.5, 0.6) is 0 Å². The average Bonchev–Trinajstić information content (AvgIpc) is 2.86. The first-order chi connectivity index (χ1) is 16.6. The molecule has 0 unspecified atom stereocenters. The van der Waals surface area contributed by atoms with E-state index in [1.165, 1.54) is 0 Å². The van der Waals surface area contributed by atoms with Crippen molar-refractivity contribution < 1.29 is 54.9 Å². The Kier molecular flexibility index (Phi) is 52.0. The molecule has 204 valence electrons. The summed E-state index contributed by atoms with van der Waals surface area (Å²) in [5.41, 5.74) is 11.1. The molecule has 1 aromatic rings. The maximum Gasteiger partial charge on any atom is 4.00 e. The van der Waals surface area contributed by atoms with Crippen LogP contribution < -0.4 is 0 Å². The summed E-state index contributed by atoms with van der Waals surface area (Å²) >= 11 is 0. The van der Waals surface area contributed by atoms with E-state index in [0.29, 0.717) is 39.6 Å². The summed E-state index contributed by atoms with van der Waals surface area (Å²) in [5, 5.41) is 0. The van der Waals surface area contributed by atoms with Gasteiger partial charge in [0.25, 0.3) is 0 Å². The van der Waals surface area contributed by atoms with Gasteiger partial charge in [-0.05, 0) is 38.5 Å². The molecule has 1 rings (SSSR count). The zero-order valence-electron chi connectivity index (χ0n) is 22.9. The van der Waals surface area contributed by atoms with Gasteiger partial charge in [-0.15, -0.1) is 12.1 Å². The zero-order chi connectivity index (χ0) is 26.0. The molecule has 0 radical (unpaired) electrons. The fourth-order valence-electron chi connectivity index (χ4n) is 1.36. The maximum atomic E-state index is 4.69. The van der Waals surface area contributed by atoms with Crippen molar-refractivity contribution in [3.8, 4) is 0 Å². The second-order valence-electron chi connectivity index (χ2n) is 6.71. The molecule has 0 N–H and O–H groups in total. The fraction of sp³-hybridized carbons (Fsp3) is 0.720. The minimum atomic E-state index is 0. The van der Waals surface area contributed by atoms with E-state index in [1.807, 2.05) is 71.9 Å². The molecular weight excluding hydrogens is 617 g/mol. The minimum absolute atomic E-state index is 0. The quantitative estimate of drug-likeness (QED) is 0.0682. The first kappa shape index (κ1) is 41.7. The molecule has 35 heavy (non-hydrogen) atoms. The van der Waals surface area contributed by atoms with Crippen molar-refractivity contribution in [2.75, 3.05) is 39.6 Å². The summed E-state index contributed by atoms with van der Waals surface area (Å²) in [5.74, 6) is 0.